The lowest BCUT2D eigenvalue weighted by Crippen LogP contribution is -2.18. The van der Waals surface area contributed by atoms with Crippen LogP contribution in [0.3, 0.4) is 0 Å². The molecule has 0 saturated heterocycles. The third-order valence-corrected chi connectivity index (χ3v) is 11.5. The minimum Gasteiger partial charge on any atom is -0.455 e. The van der Waals surface area contributed by atoms with Crippen molar-refractivity contribution in [3.05, 3.63) is 131 Å². The van der Waals surface area contributed by atoms with Crippen LogP contribution in [0.4, 0.5) is 0 Å². The molecule has 0 bridgehead atoms. The standard InChI is InChI=1S/C48H46N2O/c1-28(2)37-25-31(30-15-10-9-11-16-30)26-38(29(3)4)43(37)50-41-20-13-12-19-40(41)49-46(50)36-18-14-17-33-35-22-21-32-34(44(35)51-45(33)36)23-24-39-42(32)48(7,8)27-47(39,5)6/h9-26,28-29H,27H2,1-8H3. The summed E-state index contributed by atoms with van der Waals surface area (Å²) in [7, 11) is 0. The quantitative estimate of drug-likeness (QED) is 0.183. The van der Waals surface area contributed by atoms with Crippen LogP contribution < -0.4 is 0 Å². The topological polar surface area (TPSA) is 31.0 Å². The van der Waals surface area contributed by atoms with Gasteiger partial charge in [-0.15, -0.1) is 0 Å². The van der Waals surface area contributed by atoms with Crippen molar-refractivity contribution in [2.75, 3.05) is 0 Å². The summed E-state index contributed by atoms with van der Waals surface area (Å²) < 4.78 is 9.52. The van der Waals surface area contributed by atoms with E-state index in [2.05, 4.69) is 169 Å². The van der Waals surface area contributed by atoms with Gasteiger partial charge in [0.2, 0.25) is 0 Å². The third-order valence-electron chi connectivity index (χ3n) is 11.5. The van der Waals surface area contributed by atoms with Gasteiger partial charge in [0.15, 0.2) is 0 Å². The predicted octanol–water partition coefficient (Wildman–Crippen LogP) is 13.6. The van der Waals surface area contributed by atoms with Crippen LogP contribution in [0.1, 0.15) is 95.9 Å². The molecule has 6 aromatic carbocycles. The molecule has 0 fully saturated rings. The van der Waals surface area contributed by atoms with Crippen LogP contribution in [0.15, 0.2) is 114 Å². The van der Waals surface area contributed by atoms with E-state index in [1.54, 1.807) is 0 Å². The molecule has 1 aliphatic rings. The normalized spacial score (nSPS) is 15.3. The molecular formula is C48H46N2O. The maximum Gasteiger partial charge on any atom is 0.149 e. The Labute approximate surface area is 301 Å². The van der Waals surface area contributed by atoms with Gasteiger partial charge in [0.25, 0.3) is 0 Å². The number of para-hydroxylation sites is 3. The van der Waals surface area contributed by atoms with Gasteiger partial charge in [-0.2, -0.15) is 0 Å². The molecule has 1 aliphatic carbocycles. The van der Waals surface area contributed by atoms with Gasteiger partial charge in [0.05, 0.1) is 22.3 Å². The first-order chi connectivity index (χ1) is 24.4. The monoisotopic (exact) mass is 666 g/mol. The van der Waals surface area contributed by atoms with Gasteiger partial charge in [-0.1, -0.05) is 128 Å². The molecule has 0 aliphatic heterocycles. The molecule has 0 spiro atoms. The summed E-state index contributed by atoms with van der Waals surface area (Å²) in [6.07, 6.45) is 1.13. The lowest BCUT2D eigenvalue weighted by atomic mass is 9.81. The number of aromatic nitrogens is 2. The number of imidazole rings is 1. The summed E-state index contributed by atoms with van der Waals surface area (Å²) in [5.41, 5.74) is 14.4. The minimum absolute atomic E-state index is 0.0896. The summed E-state index contributed by atoms with van der Waals surface area (Å²) in [5.74, 6) is 1.49. The molecular weight excluding hydrogens is 621 g/mol. The van der Waals surface area contributed by atoms with Crippen molar-refractivity contribution in [2.45, 2.75) is 84.5 Å². The zero-order valence-electron chi connectivity index (χ0n) is 31.1. The number of benzene rings is 6. The Morgan fingerprint density at radius 3 is 1.96 bits per heavy atom. The zero-order chi connectivity index (χ0) is 35.4. The Morgan fingerprint density at radius 2 is 1.24 bits per heavy atom. The first kappa shape index (κ1) is 31.8. The molecule has 9 rings (SSSR count). The minimum atomic E-state index is 0.0896. The van der Waals surface area contributed by atoms with E-state index in [0.29, 0.717) is 11.8 Å². The van der Waals surface area contributed by atoms with Crippen LogP contribution in [0.2, 0.25) is 0 Å². The van der Waals surface area contributed by atoms with Crippen LogP contribution in [0, 0.1) is 0 Å². The molecule has 2 heterocycles. The van der Waals surface area contributed by atoms with E-state index < -0.39 is 0 Å². The van der Waals surface area contributed by atoms with Crippen molar-refractivity contribution >= 4 is 43.7 Å². The Morgan fingerprint density at radius 1 is 0.608 bits per heavy atom. The van der Waals surface area contributed by atoms with Crippen molar-refractivity contribution in [3.8, 4) is 28.2 Å². The molecule has 0 amide bonds. The van der Waals surface area contributed by atoms with Gasteiger partial charge in [0.1, 0.15) is 17.0 Å². The fourth-order valence-corrected chi connectivity index (χ4v) is 9.47. The average molecular weight is 667 g/mol. The molecule has 51 heavy (non-hydrogen) atoms. The molecule has 3 nitrogen and oxygen atoms in total. The molecule has 0 N–H and O–H groups in total. The van der Waals surface area contributed by atoms with Crippen molar-refractivity contribution < 1.29 is 4.42 Å². The fraction of sp³-hybridized carbons (Fsp3) is 0.271. The van der Waals surface area contributed by atoms with Crippen LogP contribution in [0.5, 0.6) is 0 Å². The van der Waals surface area contributed by atoms with E-state index >= 15 is 0 Å². The van der Waals surface area contributed by atoms with E-state index in [4.69, 9.17) is 9.40 Å². The van der Waals surface area contributed by atoms with Crippen LogP contribution >= 0.6 is 0 Å². The number of furan rings is 1. The Hall–Kier alpha value is -5.15. The predicted molar refractivity (Wildman–Crippen MR) is 216 cm³/mol. The van der Waals surface area contributed by atoms with Gasteiger partial charge in [-0.25, -0.2) is 4.98 Å². The lowest BCUT2D eigenvalue weighted by Gasteiger charge is -2.24. The largest absolute Gasteiger partial charge is 0.455 e. The van der Waals surface area contributed by atoms with E-state index in [1.807, 2.05) is 0 Å². The summed E-state index contributed by atoms with van der Waals surface area (Å²) in [6, 6.07) is 40.0. The Balaban J connectivity index is 1.34. The smallest absolute Gasteiger partial charge is 0.149 e. The second-order valence-electron chi connectivity index (χ2n) is 16.7. The Kier molecular flexibility index (Phi) is 6.97. The van der Waals surface area contributed by atoms with E-state index in [9.17, 15) is 0 Å². The highest BCUT2D eigenvalue weighted by Gasteiger charge is 2.43. The number of nitrogens with zero attached hydrogens (tertiary/aromatic N) is 2. The molecule has 0 unspecified atom stereocenters. The number of rotatable bonds is 5. The average Bonchev–Trinajstić information content (AvgIpc) is 3.74. The van der Waals surface area contributed by atoms with Crippen molar-refractivity contribution in [2.24, 2.45) is 0 Å². The maximum atomic E-state index is 7.10. The fourth-order valence-electron chi connectivity index (χ4n) is 9.47. The first-order valence-electron chi connectivity index (χ1n) is 18.6. The molecule has 8 aromatic rings. The number of fused-ring (bicyclic) bond motifs is 8. The summed E-state index contributed by atoms with van der Waals surface area (Å²) in [4.78, 5) is 5.41. The van der Waals surface area contributed by atoms with Crippen molar-refractivity contribution in [1.82, 2.24) is 9.55 Å². The van der Waals surface area contributed by atoms with Gasteiger partial charge in [-0.3, -0.25) is 4.57 Å². The lowest BCUT2D eigenvalue weighted by molar-refractivity contribution is 0.404. The highest BCUT2D eigenvalue weighted by molar-refractivity contribution is 6.18. The SMILES string of the molecule is CC(C)c1cc(-c2ccccc2)cc(C(C)C)c1-n1c(-c2cccc3c2oc2c4ccc5c(c4ccc32)C(C)(C)CC5(C)C)nc2ccccc21. The van der Waals surface area contributed by atoms with Crippen molar-refractivity contribution in [1.29, 1.82) is 0 Å². The maximum absolute atomic E-state index is 7.10. The van der Waals surface area contributed by atoms with E-state index in [-0.39, 0.29) is 10.8 Å². The van der Waals surface area contributed by atoms with Crippen LogP contribution in [0.25, 0.3) is 71.9 Å². The Bertz CT molecular complexity index is 2640. The highest BCUT2D eigenvalue weighted by Crippen LogP contribution is 2.53. The zero-order valence-corrected chi connectivity index (χ0v) is 31.1. The van der Waals surface area contributed by atoms with Gasteiger partial charge < -0.3 is 4.42 Å². The summed E-state index contributed by atoms with van der Waals surface area (Å²) in [5, 5.41) is 4.77. The second kappa shape index (κ2) is 11.2. The molecule has 0 saturated carbocycles. The van der Waals surface area contributed by atoms with Gasteiger partial charge >= 0.3 is 0 Å². The second-order valence-corrected chi connectivity index (χ2v) is 16.7. The first-order valence-corrected chi connectivity index (χ1v) is 18.6. The molecule has 0 radical (unpaired) electrons. The highest BCUT2D eigenvalue weighted by atomic mass is 16.3. The van der Waals surface area contributed by atoms with E-state index in [0.717, 1.165) is 50.8 Å². The number of hydrogen-bond acceptors (Lipinski definition) is 2. The number of hydrogen-bond donors (Lipinski definition) is 0. The van der Waals surface area contributed by atoms with Gasteiger partial charge in [-0.05, 0) is 104 Å². The molecule has 2 aromatic heterocycles. The molecule has 0 atom stereocenters. The van der Waals surface area contributed by atoms with Crippen LogP contribution in [-0.2, 0) is 10.8 Å². The summed E-state index contributed by atoms with van der Waals surface area (Å²) >= 11 is 0. The third kappa shape index (κ3) is 4.74. The molecule has 3 heteroatoms. The van der Waals surface area contributed by atoms with Gasteiger partial charge in [0, 0.05) is 16.2 Å². The van der Waals surface area contributed by atoms with Crippen molar-refractivity contribution in [3.63, 3.8) is 0 Å². The summed E-state index contributed by atoms with van der Waals surface area (Å²) in [6.45, 7) is 18.8. The van der Waals surface area contributed by atoms with E-state index in [1.165, 1.54) is 49.8 Å². The molecule has 254 valence electrons. The van der Waals surface area contributed by atoms with Crippen LogP contribution in [-0.4, -0.2) is 9.55 Å².